The van der Waals surface area contributed by atoms with Crippen LogP contribution in [0.2, 0.25) is 0 Å². The van der Waals surface area contributed by atoms with Gasteiger partial charge in [0.25, 0.3) is 0 Å². The average molecular weight is 268 g/mol. The number of carboxylic acids is 1. The van der Waals surface area contributed by atoms with E-state index in [0.29, 0.717) is 5.92 Å². The highest BCUT2D eigenvalue weighted by Gasteiger charge is 2.35. The number of likely N-dealkylation sites (tertiary alicyclic amines) is 1. The summed E-state index contributed by atoms with van der Waals surface area (Å²) in [5, 5.41) is 9.39. The van der Waals surface area contributed by atoms with E-state index in [-0.39, 0.29) is 12.0 Å². The fourth-order valence-electron chi connectivity index (χ4n) is 3.60. The van der Waals surface area contributed by atoms with Crippen LogP contribution in [0.15, 0.2) is 0 Å². The number of nitrogens with zero attached hydrogens (tertiary/aromatic N) is 2. The summed E-state index contributed by atoms with van der Waals surface area (Å²) >= 11 is 0. The minimum Gasteiger partial charge on any atom is -0.481 e. The van der Waals surface area contributed by atoms with Crippen molar-refractivity contribution in [2.75, 3.05) is 33.2 Å². The molecule has 1 aliphatic carbocycles. The Labute approximate surface area is 116 Å². The fourth-order valence-corrected chi connectivity index (χ4v) is 3.60. The van der Waals surface area contributed by atoms with Crippen LogP contribution >= 0.6 is 0 Å². The zero-order valence-corrected chi connectivity index (χ0v) is 12.3. The summed E-state index contributed by atoms with van der Waals surface area (Å²) in [6.07, 6.45) is 5.58. The summed E-state index contributed by atoms with van der Waals surface area (Å²) in [6.45, 7) is 6.78. The fraction of sp³-hybridized carbons (Fsp3) is 0.933. The molecule has 4 heteroatoms. The Morgan fingerprint density at radius 1 is 1.32 bits per heavy atom. The molecule has 110 valence electrons. The number of likely N-dealkylation sites (N-methyl/N-ethyl adjacent to an activating group) is 1. The van der Waals surface area contributed by atoms with Crippen molar-refractivity contribution in [1.82, 2.24) is 9.80 Å². The molecule has 1 saturated carbocycles. The van der Waals surface area contributed by atoms with E-state index in [0.717, 1.165) is 32.4 Å². The smallest absolute Gasteiger partial charge is 0.308 e. The molecule has 0 amide bonds. The van der Waals surface area contributed by atoms with Gasteiger partial charge in [-0.05, 0) is 58.2 Å². The van der Waals surface area contributed by atoms with Gasteiger partial charge in [0.15, 0.2) is 0 Å². The van der Waals surface area contributed by atoms with Gasteiger partial charge >= 0.3 is 5.97 Å². The van der Waals surface area contributed by atoms with Gasteiger partial charge in [0, 0.05) is 19.1 Å². The molecule has 0 aromatic heterocycles. The van der Waals surface area contributed by atoms with Crippen LogP contribution in [0.3, 0.4) is 0 Å². The van der Waals surface area contributed by atoms with Crippen molar-refractivity contribution in [3.8, 4) is 0 Å². The SMILES string of the molecule is CC1CCC(C(=O)O)C(N(C)CCN2CCCC2)C1. The molecule has 3 atom stereocenters. The van der Waals surface area contributed by atoms with Gasteiger partial charge in [0.2, 0.25) is 0 Å². The van der Waals surface area contributed by atoms with Gasteiger partial charge < -0.3 is 14.9 Å². The molecule has 19 heavy (non-hydrogen) atoms. The molecule has 0 aromatic carbocycles. The van der Waals surface area contributed by atoms with Crippen molar-refractivity contribution in [1.29, 1.82) is 0 Å². The molecule has 0 aromatic rings. The van der Waals surface area contributed by atoms with Gasteiger partial charge in [-0.2, -0.15) is 0 Å². The zero-order chi connectivity index (χ0) is 13.8. The van der Waals surface area contributed by atoms with Crippen molar-refractivity contribution < 1.29 is 9.90 Å². The van der Waals surface area contributed by atoms with Crippen molar-refractivity contribution in [3.05, 3.63) is 0 Å². The predicted molar refractivity (Wildman–Crippen MR) is 76.2 cm³/mol. The molecule has 0 bridgehead atoms. The second kappa shape index (κ2) is 6.71. The molecule has 2 aliphatic rings. The lowest BCUT2D eigenvalue weighted by Gasteiger charge is -2.39. The second-order valence-corrected chi connectivity index (χ2v) is 6.46. The van der Waals surface area contributed by atoms with E-state index in [9.17, 15) is 9.90 Å². The highest BCUT2D eigenvalue weighted by Crippen LogP contribution is 2.31. The summed E-state index contributed by atoms with van der Waals surface area (Å²) in [5.41, 5.74) is 0. The van der Waals surface area contributed by atoms with E-state index in [2.05, 4.69) is 23.8 Å². The molecule has 0 spiro atoms. The van der Waals surface area contributed by atoms with Gasteiger partial charge in [-0.1, -0.05) is 6.92 Å². The van der Waals surface area contributed by atoms with Crippen LogP contribution in [0.4, 0.5) is 0 Å². The summed E-state index contributed by atoms with van der Waals surface area (Å²) in [7, 11) is 2.11. The Bertz CT molecular complexity index is 303. The Hall–Kier alpha value is -0.610. The number of hydrogen-bond donors (Lipinski definition) is 1. The van der Waals surface area contributed by atoms with Gasteiger partial charge in [-0.25, -0.2) is 0 Å². The number of carbonyl (C=O) groups is 1. The molecule has 4 nitrogen and oxygen atoms in total. The molecule has 1 aliphatic heterocycles. The third kappa shape index (κ3) is 3.93. The largest absolute Gasteiger partial charge is 0.481 e. The lowest BCUT2D eigenvalue weighted by Crippen LogP contribution is -2.47. The summed E-state index contributed by atoms with van der Waals surface area (Å²) < 4.78 is 0. The molecule has 3 unspecified atom stereocenters. The van der Waals surface area contributed by atoms with Crippen LogP contribution in [0.1, 0.15) is 39.0 Å². The zero-order valence-electron chi connectivity index (χ0n) is 12.3. The molecule has 1 N–H and O–H groups in total. The molecular weight excluding hydrogens is 240 g/mol. The molecule has 2 rings (SSSR count). The first kappa shape index (κ1) is 14.8. The van der Waals surface area contributed by atoms with Crippen LogP contribution in [-0.2, 0) is 4.79 Å². The van der Waals surface area contributed by atoms with Crippen LogP contribution < -0.4 is 0 Å². The Kier molecular flexibility index (Phi) is 5.22. The Morgan fingerprint density at radius 3 is 2.63 bits per heavy atom. The van der Waals surface area contributed by atoms with Crippen molar-refractivity contribution in [3.63, 3.8) is 0 Å². The third-order valence-corrected chi connectivity index (χ3v) is 4.93. The third-order valence-electron chi connectivity index (χ3n) is 4.93. The summed E-state index contributed by atoms with van der Waals surface area (Å²) in [4.78, 5) is 16.2. The lowest BCUT2D eigenvalue weighted by molar-refractivity contribution is -0.146. The second-order valence-electron chi connectivity index (χ2n) is 6.46. The molecular formula is C15H28N2O2. The predicted octanol–water partition coefficient (Wildman–Crippen LogP) is 1.90. The quantitative estimate of drug-likeness (QED) is 0.827. The molecule has 1 heterocycles. The van der Waals surface area contributed by atoms with E-state index in [1.807, 2.05) is 0 Å². The van der Waals surface area contributed by atoms with E-state index < -0.39 is 5.97 Å². The standard InChI is InChI=1S/C15H28N2O2/c1-12-5-6-13(15(18)19)14(11-12)16(2)9-10-17-7-3-4-8-17/h12-14H,3-11H2,1-2H3,(H,18,19). The maximum absolute atomic E-state index is 11.4. The first-order valence-electron chi connectivity index (χ1n) is 7.73. The molecule has 1 saturated heterocycles. The molecule has 2 fully saturated rings. The summed E-state index contributed by atoms with van der Waals surface area (Å²) in [6, 6.07) is 0.226. The van der Waals surface area contributed by atoms with Crippen molar-refractivity contribution in [2.24, 2.45) is 11.8 Å². The van der Waals surface area contributed by atoms with E-state index in [1.54, 1.807) is 0 Å². The average Bonchev–Trinajstić information content (AvgIpc) is 2.88. The van der Waals surface area contributed by atoms with Crippen LogP contribution in [0.5, 0.6) is 0 Å². The highest BCUT2D eigenvalue weighted by molar-refractivity contribution is 5.71. The van der Waals surface area contributed by atoms with Crippen LogP contribution in [-0.4, -0.2) is 60.1 Å². The number of carboxylic acid groups (broad SMARTS) is 1. The molecule has 0 radical (unpaired) electrons. The van der Waals surface area contributed by atoms with Crippen LogP contribution in [0, 0.1) is 11.8 Å². The number of rotatable bonds is 5. The van der Waals surface area contributed by atoms with Crippen molar-refractivity contribution >= 4 is 5.97 Å². The summed E-state index contributed by atoms with van der Waals surface area (Å²) in [5.74, 6) is -0.112. The van der Waals surface area contributed by atoms with E-state index >= 15 is 0 Å². The maximum atomic E-state index is 11.4. The monoisotopic (exact) mass is 268 g/mol. The Balaban J connectivity index is 1.86. The first-order chi connectivity index (χ1) is 9.08. The Morgan fingerprint density at radius 2 is 2.00 bits per heavy atom. The number of hydrogen-bond acceptors (Lipinski definition) is 3. The topological polar surface area (TPSA) is 43.8 Å². The normalized spacial score (nSPS) is 32.9. The lowest BCUT2D eigenvalue weighted by atomic mass is 9.78. The van der Waals surface area contributed by atoms with Crippen LogP contribution in [0.25, 0.3) is 0 Å². The van der Waals surface area contributed by atoms with E-state index in [1.165, 1.54) is 25.9 Å². The van der Waals surface area contributed by atoms with Crippen molar-refractivity contribution in [2.45, 2.75) is 45.1 Å². The minimum absolute atomic E-state index is 0.167. The highest BCUT2D eigenvalue weighted by atomic mass is 16.4. The van der Waals surface area contributed by atoms with Gasteiger partial charge in [-0.15, -0.1) is 0 Å². The first-order valence-corrected chi connectivity index (χ1v) is 7.73. The van der Waals surface area contributed by atoms with Gasteiger partial charge in [0.1, 0.15) is 0 Å². The van der Waals surface area contributed by atoms with Gasteiger partial charge in [0.05, 0.1) is 5.92 Å². The number of aliphatic carboxylic acids is 1. The van der Waals surface area contributed by atoms with Gasteiger partial charge in [-0.3, -0.25) is 4.79 Å². The minimum atomic E-state index is -0.607. The van der Waals surface area contributed by atoms with E-state index in [4.69, 9.17) is 0 Å². The maximum Gasteiger partial charge on any atom is 0.308 e.